The Morgan fingerprint density at radius 2 is 2.46 bits per heavy atom. The number of nitrogens with one attached hydrogen (secondary N) is 1. The molecule has 3 heteroatoms. The van der Waals surface area contributed by atoms with Crippen molar-refractivity contribution in [1.29, 1.82) is 0 Å². The lowest BCUT2D eigenvalue weighted by atomic mass is 9.96. The minimum Gasteiger partial charge on any atom is -0.387 e. The fraction of sp³-hybridized carbons (Fsp3) is 0.400. The van der Waals surface area contributed by atoms with E-state index in [1.165, 1.54) is 0 Å². The van der Waals surface area contributed by atoms with Crippen molar-refractivity contribution in [2.45, 2.75) is 6.42 Å². The molecule has 0 amide bonds. The smallest absolute Gasteiger partial charge is 0.0544 e. The average molecular weight is 179 g/mol. The van der Waals surface area contributed by atoms with Gasteiger partial charge in [0.1, 0.15) is 0 Å². The molecule has 72 valence electrons. The third-order valence-electron chi connectivity index (χ3n) is 2.25. The van der Waals surface area contributed by atoms with Gasteiger partial charge in [0.25, 0.3) is 0 Å². The molecule has 0 saturated heterocycles. The van der Waals surface area contributed by atoms with Crippen LogP contribution in [0.3, 0.4) is 0 Å². The summed E-state index contributed by atoms with van der Waals surface area (Å²) in [5.41, 5.74) is 2.21. The first-order valence-corrected chi connectivity index (χ1v) is 4.39. The van der Waals surface area contributed by atoms with E-state index < -0.39 is 0 Å². The van der Waals surface area contributed by atoms with Gasteiger partial charge in [0, 0.05) is 26.4 Å². The van der Waals surface area contributed by atoms with Crippen LogP contribution in [0.25, 0.3) is 0 Å². The van der Waals surface area contributed by atoms with E-state index in [4.69, 9.17) is 5.84 Å². The van der Waals surface area contributed by atoms with E-state index in [2.05, 4.69) is 24.0 Å². The largest absolute Gasteiger partial charge is 0.387 e. The molecule has 3 nitrogen and oxygen atoms in total. The number of likely N-dealkylation sites (N-methyl/N-ethyl adjacent to an activating group) is 1. The van der Waals surface area contributed by atoms with E-state index in [0.717, 1.165) is 17.8 Å². The second-order valence-corrected chi connectivity index (χ2v) is 3.18. The molecule has 13 heavy (non-hydrogen) atoms. The van der Waals surface area contributed by atoms with Crippen molar-refractivity contribution in [3.8, 4) is 0 Å². The summed E-state index contributed by atoms with van der Waals surface area (Å²) in [5, 5.41) is 4.78. The molecule has 1 aliphatic rings. The van der Waals surface area contributed by atoms with Gasteiger partial charge in [-0.25, -0.2) is 5.84 Å². The highest BCUT2D eigenvalue weighted by Crippen LogP contribution is 2.23. The molecule has 1 atom stereocenters. The molecule has 0 heterocycles. The van der Waals surface area contributed by atoms with Crippen LogP contribution in [-0.4, -0.2) is 19.1 Å². The van der Waals surface area contributed by atoms with Crippen LogP contribution in [0.4, 0.5) is 0 Å². The van der Waals surface area contributed by atoms with Gasteiger partial charge < -0.3 is 10.3 Å². The van der Waals surface area contributed by atoms with Gasteiger partial charge in [-0.2, -0.15) is 0 Å². The number of allylic oxidation sites excluding steroid dienone is 4. The van der Waals surface area contributed by atoms with Crippen LogP contribution < -0.4 is 11.2 Å². The molecule has 3 N–H and O–H groups in total. The lowest BCUT2D eigenvalue weighted by Gasteiger charge is -2.25. The van der Waals surface area contributed by atoms with Gasteiger partial charge in [-0.15, -0.1) is 6.58 Å². The number of nitrogens with zero attached hydrogens (tertiary/aromatic N) is 1. The van der Waals surface area contributed by atoms with Crippen molar-refractivity contribution in [2.24, 2.45) is 11.8 Å². The van der Waals surface area contributed by atoms with Gasteiger partial charge >= 0.3 is 0 Å². The monoisotopic (exact) mass is 179 g/mol. The van der Waals surface area contributed by atoms with Crippen molar-refractivity contribution < 1.29 is 0 Å². The number of hydrogen-bond acceptors (Lipinski definition) is 3. The van der Waals surface area contributed by atoms with Crippen LogP contribution in [-0.2, 0) is 0 Å². The molecular weight excluding hydrogens is 162 g/mol. The minimum absolute atomic E-state index is 0.401. The number of nitrogens with two attached hydrogens (primary N) is 1. The van der Waals surface area contributed by atoms with Gasteiger partial charge in [0.15, 0.2) is 0 Å². The van der Waals surface area contributed by atoms with Gasteiger partial charge in [-0.05, 0) is 6.08 Å². The molecule has 1 rings (SSSR count). The molecule has 0 radical (unpaired) electrons. The second-order valence-electron chi connectivity index (χ2n) is 3.18. The Balaban J connectivity index is 2.87. The highest BCUT2D eigenvalue weighted by atomic mass is 15.4. The molecule has 0 spiro atoms. The van der Waals surface area contributed by atoms with Crippen molar-refractivity contribution >= 4 is 0 Å². The Bertz CT molecular complexity index is 251. The molecule has 0 saturated carbocycles. The lowest BCUT2D eigenvalue weighted by Crippen LogP contribution is -2.30. The van der Waals surface area contributed by atoms with E-state index in [1.54, 1.807) is 5.01 Å². The predicted molar refractivity (Wildman–Crippen MR) is 55.5 cm³/mol. The zero-order valence-electron chi connectivity index (χ0n) is 8.25. The minimum atomic E-state index is 0.401. The molecule has 0 fully saturated rings. The Hall–Kier alpha value is -1.22. The van der Waals surface area contributed by atoms with Crippen LogP contribution in [0.2, 0.25) is 0 Å². The summed E-state index contributed by atoms with van der Waals surface area (Å²) < 4.78 is 0. The molecule has 0 bridgehead atoms. The molecule has 0 aromatic heterocycles. The van der Waals surface area contributed by atoms with Gasteiger partial charge in [-0.1, -0.05) is 12.2 Å². The predicted octanol–water partition coefficient (Wildman–Crippen LogP) is 0.985. The number of hydrazine groups is 1. The number of hydrogen-bond donors (Lipinski definition) is 2. The maximum absolute atomic E-state index is 5.72. The molecule has 0 aromatic rings. The Morgan fingerprint density at radius 1 is 1.77 bits per heavy atom. The van der Waals surface area contributed by atoms with Gasteiger partial charge in [0.2, 0.25) is 0 Å². The van der Waals surface area contributed by atoms with Crippen LogP contribution >= 0.6 is 0 Å². The summed E-state index contributed by atoms with van der Waals surface area (Å²) in [5.74, 6) is 6.12. The van der Waals surface area contributed by atoms with Crippen LogP contribution in [0, 0.1) is 5.92 Å². The lowest BCUT2D eigenvalue weighted by molar-refractivity contribution is 0.402. The van der Waals surface area contributed by atoms with E-state index in [0.29, 0.717) is 5.92 Å². The third-order valence-corrected chi connectivity index (χ3v) is 2.25. The Kier molecular flexibility index (Phi) is 3.14. The number of rotatable bonds is 3. The fourth-order valence-corrected chi connectivity index (χ4v) is 1.44. The molecule has 0 aliphatic heterocycles. The summed E-state index contributed by atoms with van der Waals surface area (Å²) in [6.45, 7) is 3.78. The zero-order valence-corrected chi connectivity index (χ0v) is 8.25. The van der Waals surface area contributed by atoms with Crippen LogP contribution in [0.15, 0.2) is 36.2 Å². The van der Waals surface area contributed by atoms with Crippen molar-refractivity contribution in [1.82, 2.24) is 10.3 Å². The molecular formula is C10H17N3. The van der Waals surface area contributed by atoms with Crippen LogP contribution in [0.5, 0.6) is 0 Å². The van der Waals surface area contributed by atoms with Gasteiger partial charge in [0.05, 0.1) is 11.4 Å². The summed E-state index contributed by atoms with van der Waals surface area (Å²) >= 11 is 0. The Morgan fingerprint density at radius 3 is 2.92 bits per heavy atom. The van der Waals surface area contributed by atoms with E-state index in [1.807, 2.05) is 20.2 Å². The maximum Gasteiger partial charge on any atom is 0.0544 e. The summed E-state index contributed by atoms with van der Waals surface area (Å²) in [4.78, 5) is 0. The van der Waals surface area contributed by atoms with E-state index in [-0.39, 0.29) is 0 Å². The van der Waals surface area contributed by atoms with Crippen molar-refractivity contribution in [3.05, 3.63) is 36.2 Å². The summed E-state index contributed by atoms with van der Waals surface area (Å²) in [6, 6.07) is 0. The van der Waals surface area contributed by atoms with Crippen LogP contribution in [0.1, 0.15) is 6.42 Å². The van der Waals surface area contributed by atoms with Crippen molar-refractivity contribution in [2.75, 3.05) is 14.1 Å². The first kappa shape index (κ1) is 9.86. The van der Waals surface area contributed by atoms with E-state index in [9.17, 15) is 0 Å². The summed E-state index contributed by atoms with van der Waals surface area (Å²) in [7, 11) is 3.75. The van der Waals surface area contributed by atoms with Gasteiger partial charge in [-0.3, -0.25) is 0 Å². The quantitative estimate of drug-likeness (QED) is 0.385. The first-order chi connectivity index (χ1) is 6.19. The molecule has 0 aromatic carbocycles. The second kappa shape index (κ2) is 4.14. The first-order valence-electron chi connectivity index (χ1n) is 4.39. The standard InChI is InChI=1S/C10H17N3/c1-4-8-5-6-9(12-2)10(7-8)13(3)11/h4-6,8,12H,1,7,11H2,2-3H3. The SMILES string of the molecule is C=CC1C=CC(NC)=C(N(C)N)C1. The molecule has 1 aliphatic carbocycles. The third kappa shape index (κ3) is 2.12. The van der Waals surface area contributed by atoms with E-state index >= 15 is 0 Å². The van der Waals surface area contributed by atoms with Crippen molar-refractivity contribution in [3.63, 3.8) is 0 Å². The maximum atomic E-state index is 5.72. The molecule has 1 unspecified atom stereocenters. The topological polar surface area (TPSA) is 41.3 Å². The highest BCUT2D eigenvalue weighted by molar-refractivity contribution is 5.29. The average Bonchev–Trinajstić information content (AvgIpc) is 2.16. The fourth-order valence-electron chi connectivity index (χ4n) is 1.44. The zero-order chi connectivity index (χ0) is 9.84. The summed E-state index contributed by atoms with van der Waals surface area (Å²) in [6.07, 6.45) is 7.04. The Labute approximate surface area is 79.6 Å². The highest BCUT2D eigenvalue weighted by Gasteiger charge is 2.14. The normalized spacial score (nSPS) is 21.6.